The molecule has 2 rings (SSSR count). The molecule has 0 radical (unpaired) electrons. The van der Waals surface area contributed by atoms with Gasteiger partial charge in [-0.2, -0.15) is 8.42 Å². The quantitative estimate of drug-likeness (QED) is 0.629. The Bertz CT molecular complexity index is 658. The minimum absolute atomic E-state index is 0.00731. The molecule has 0 N–H and O–H groups in total. The van der Waals surface area contributed by atoms with Crippen molar-refractivity contribution in [2.24, 2.45) is 0 Å². The Hall–Kier alpha value is -1.84. The normalized spacial score (nSPS) is 19.9. The molecule has 1 aliphatic rings. The van der Waals surface area contributed by atoms with Gasteiger partial charge in [-0.25, -0.2) is 0 Å². The average Bonchev–Trinajstić information content (AvgIpc) is 2.69. The smallest absolute Gasteiger partial charge is 0.406 e. The number of hydrogen-bond donors (Lipinski definition) is 0. The maximum atomic E-state index is 12.9. The van der Waals surface area contributed by atoms with Gasteiger partial charge in [0, 0.05) is 24.7 Å². The van der Waals surface area contributed by atoms with Crippen LogP contribution in [0.15, 0.2) is 24.3 Å². The Morgan fingerprint density at radius 3 is 2.48 bits per heavy atom. The monoisotopic (exact) mass is 327 g/mol. The van der Waals surface area contributed by atoms with Gasteiger partial charge in [-0.05, 0) is 12.1 Å². The molecule has 1 fully saturated rings. The van der Waals surface area contributed by atoms with Crippen LogP contribution >= 0.6 is 0 Å². The highest BCUT2D eigenvalue weighted by molar-refractivity contribution is 7.87. The van der Waals surface area contributed by atoms with E-state index in [1.165, 1.54) is 12.1 Å². The molecule has 1 aliphatic heterocycles. The van der Waals surface area contributed by atoms with Crippen molar-refractivity contribution in [3.8, 4) is 5.75 Å². The molecule has 0 saturated carbocycles. The van der Waals surface area contributed by atoms with Crippen LogP contribution in [0.5, 0.6) is 5.75 Å². The summed E-state index contributed by atoms with van der Waals surface area (Å²) in [7, 11) is -4.89. The van der Waals surface area contributed by atoms with Crippen LogP contribution < -0.4 is 9.64 Å². The van der Waals surface area contributed by atoms with Crippen molar-refractivity contribution >= 4 is 21.8 Å². The zero-order valence-electron chi connectivity index (χ0n) is 10.3. The van der Waals surface area contributed by atoms with Crippen LogP contribution in [0.25, 0.3) is 0 Å². The molecule has 1 saturated heterocycles. The van der Waals surface area contributed by atoms with Crippen LogP contribution in [0.4, 0.5) is 22.7 Å². The van der Waals surface area contributed by atoms with Crippen molar-refractivity contribution in [3.63, 3.8) is 0 Å². The molecule has 116 valence electrons. The number of amides is 1. The maximum absolute atomic E-state index is 12.9. The van der Waals surface area contributed by atoms with E-state index in [0.717, 1.165) is 17.0 Å². The zero-order valence-corrected chi connectivity index (χ0v) is 11.1. The first-order chi connectivity index (χ1) is 9.56. The van der Waals surface area contributed by atoms with E-state index >= 15 is 0 Å². The second-order valence-corrected chi connectivity index (χ2v) is 5.97. The van der Waals surface area contributed by atoms with Gasteiger partial charge in [-0.15, -0.1) is 17.1 Å². The second-order valence-electron chi connectivity index (χ2n) is 4.35. The summed E-state index contributed by atoms with van der Waals surface area (Å²) in [5.41, 5.74) is 0.00731. The van der Waals surface area contributed by atoms with Gasteiger partial charge in [0.05, 0.1) is 0 Å². The van der Waals surface area contributed by atoms with E-state index < -0.39 is 46.5 Å². The Balaban J connectivity index is 2.23. The summed E-state index contributed by atoms with van der Waals surface area (Å²) >= 11 is 0. The van der Waals surface area contributed by atoms with Gasteiger partial charge < -0.3 is 9.64 Å². The van der Waals surface area contributed by atoms with Crippen molar-refractivity contribution < 1.29 is 35.0 Å². The van der Waals surface area contributed by atoms with E-state index in [0.29, 0.717) is 0 Å². The number of carbonyl (C=O) groups excluding carboxylic acids is 1. The predicted octanol–water partition coefficient (Wildman–Crippen LogP) is 1.99. The number of anilines is 1. The molecule has 1 amide bonds. The van der Waals surface area contributed by atoms with Gasteiger partial charge in [-0.1, -0.05) is 6.07 Å². The highest BCUT2D eigenvalue weighted by atomic mass is 32.3. The molecule has 1 atom stereocenters. The summed E-state index contributed by atoms with van der Waals surface area (Å²) in [6.45, 7) is -0.451. The molecule has 1 heterocycles. The number of hydrogen-bond acceptors (Lipinski definition) is 4. The molecule has 0 aromatic heterocycles. The maximum Gasteiger partial charge on any atom is 0.573 e. The fourth-order valence-corrected chi connectivity index (χ4v) is 2.63. The molecule has 0 aliphatic carbocycles. The summed E-state index contributed by atoms with van der Waals surface area (Å²) in [6.07, 6.45) is -5.44. The van der Waals surface area contributed by atoms with Gasteiger partial charge in [0.25, 0.3) is 0 Å². The lowest BCUT2D eigenvalue weighted by Crippen LogP contribution is -2.27. The van der Waals surface area contributed by atoms with Crippen molar-refractivity contribution in [3.05, 3.63) is 24.3 Å². The third kappa shape index (κ3) is 3.84. The topological polar surface area (TPSA) is 63.7 Å². The average molecular weight is 327 g/mol. The van der Waals surface area contributed by atoms with E-state index in [-0.39, 0.29) is 5.69 Å². The third-order valence-electron chi connectivity index (χ3n) is 2.85. The summed E-state index contributed by atoms with van der Waals surface area (Å²) in [6, 6.07) is 4.47. The molecular weight excluding hydrogens is 318 g/mol. The molecule has 0 bridgehead atoms. The molecule has 21 heavy (non-hydrogen) atoms. The van der Waals surface area contributed by atoms with Gasteiger partial charge in [0.15, 0.2) is 0 Å². The Morgan fingerprint density at radius 2 is 1.95 bits per heavy atom. The Kier molecular flexibility index (Phi) is 3.83. The van der Waals surface area contributed by atoms with Crippen LogP contribution in [0, 0.1) is 0 Å². The van der Waals surface area contributed by atoms with Gasteiger partial charge in [0.1, 0.15) is 11.0 Å². The first-order valence-electron chi connectivity index (χ1n) is 5.66. The van der Waals surface area contributed by atoms with Crippen molar-refractivity contribution in [2.45, 2.75) is 18.0 Å². The Morgan fingerprint density at radius 1 is 1.29 bits per heavy atom. The highest BCUT2D eigenvalue weighted by Crippen LogP contribution is 2.30. The Labute approximate surface area is 117 Å². The standard InChI is InChI=1S/C11H9F4NO4S/c12-11(13,14)20-8-3-1-2-7(4-8)16-6-9(5-10(16)17)21(15,18)19/h1-4,9H,5-6H2. The summed E-state index contributed by atoms with van der Waals surface area (Å²) < 4.78 is 74.5. The fourth-order valence-electron chi connectivity index (χ4n) is 1.96. The lowest BCUT2D eigenvalue weighted by molar-refractivity contribution is -0.274. The molecule has 10 heteroatoms. The summed E-state index contributed by atoms with van der Waals surface area (Å²) in [5.74, 6) is -1.25. The van der Waals surface area contributed by atoms with E-state index in [4.69, 9.17) is 0 Å². The molecule has 1 aromatic carbocycles. The first kappa shape index (κ1) is 15.5. The van der Waals surface area contributed by atoms with Crippen LogP contribution in [-0.2, 0) is 15.0 Å². The number of ether oxygens (including phenoxy) is 1. The molecule has 1 aromatic rings. The SMILES string of the molecule is O=C1CC(S(=O)(=O)F)CN1c1cccc(OC(F)(F)F)c1. The van der Waals surface area contributed by atoms with Crippen LogP contribution in [0.1, 0.15) is 6.42 Å². The van der Waals surface area contributed by atoms with E-state index in [1.54, 1.807) is 0 Å². The number of halogens is 4. The number of carbonyl (C=O) groups is 1. The molecule has 0 spiro atoms. The lowest BCUT2D eigenvalue weighted by atomic mass is 10.3. The fraction of sp³-hybridized carbons (Fsp3) is 0.364. The molecule has 1 unspecified atom stereocenters. The van der Waals surface area contributed by atoms with Gasteiger partial charge >= 0.3 is 16.6 Å². The molecule has 5 nitrogen and oxygen atoms in total. The van der Waals surface area contributed by atoms with E-state index in [2.05, 4.69) is 4.74 Å². The van der Waals surface area contributed by atoms with Gasteiger partial charge in [-0.3, -0.25) is 4.79 Å². The lowest BCUT2D eigenvalue weighted by Gasteiger charge is -2.17. The predicted molar refractivity (Wildman–Crippen MR) is 63.9 cm³/mol. The highest BCUT2D eigenvalue weighted by Gasteiger charge is 2.39. The van der Waals surface area contributed by atoms with Crippen LogP contribution in [0.3, 0.4) is 0 Å². The minimum Gasteiger partial charge on any atom is -0.406 e. The first-order valence-corrected chi connectivity index (χ1v) is 7.10. The molecular formula is C11H9F4NO4S. The number of alkyl halides is 3. The summed E-state index contributed by atoms with van der Waals surface area (Å²) in [5, 5.41) is -1.52. The number of nitrogens with zero attached hydrogens (tertiary/aromatic N) is 1. The van der Waals surface area contributed by atoms with E-state index in [9.17, 15) is 30.3 Å². The minimum atomic E-state index is -4.89. The number of benzene rings is 1. The van der Waals surface area contributed by atoms with Crippen molar-refractivity contribution in [1.82, 2.24) is 0 Å². The largest absolute Gasteiger partial charge is 0.573 e. The third-order valence-corrected chi connectivity index (χ3v) is 3.96. The van der Waals surface area contributed by atoms with Crippen LogP contribution in [0.2, 0.25) is 0 Å². The van der Waals surface area contributed by atoms with Gasteiger partial charge in [0.2, 0.25) is 5.91 Å². The van der Waals surface area contributed by atoms with E-state index in [1.807, 2.05) is 0 Å². The number of rotatable bonds is 3. The van der Waals surface area contributed by atoms with Crippen molar-refractivity contribution in [1.29, 1.82) is 0 Å². The zero-order chi connectivity index (χ0) is 15.8. The second kappa shape index (κ2) is 5.17. The van der Waals surface area contributed by atoms with Crippen molar-refractivity contribution in [2.75, 3.05) is 11.4 Å². The van der Waals surface area contributed by atoms with Crippen LogP contribution in [-0.4, -0.2) is 32.5 Å². The summed E-state index contributed by atoms with van der Waals surface area (Å²) in [4.78, 5) is 12.6.